The second-order valence-corrected chi connectivity index (χ2v) is 11.1. The molecule has 1 heterocycles. The molecule has 0 spiro atoms. The molecule has 0 atom stereocenters. The predicted molar refractivity (Wildman–Crippen MR) is 155 cm³/mol. The summed E-state index contributed by atoms with van der Waals surface area (Å²) in [5.74, 6) is 0.819. The summed E-state index contributed by atoms with van der Waals surface area (Å²) in [5.41, 5.74) is 1.93. The van der Waals surface area contributed by atoms with Crippen LogP contribution in [0.25, 0.3) is 11.6 Å². The van der Waals surface area contributed by atoms with Crippen molar-refractivity contribution in [2.45, 2.75) is 0 Å². The zero-order valence-corrected chi connectivity index (χ0v) is 26.0. The van der Waals surface area contributed by atoms with Gasteiger partial charge in [0.05, 0.1) is 39.2 Å². The molecule has 37 heavy (non-hydrogen) atoms. The van der Waals surface area contributed by atoms with Crippen molar-refractivity contribution in [3.63, 3.8) is 0 Å². The number of ether oxygens (including phenoxy) is 4. The smallest absolute Gasteiger partial charge is 0.348 e. The van der Waals surface area contributed by atoms with E-state index >= 15 is 0 Å². The Labute approximate surface area is 247 Å². The van der Waals surface area contributed by atoms with E-state index in [0.717, 1.165) is 5.56 Å². The molecule has 4 rings (SSSR count). The van der Waals surface area contributed by atoms with Gasteiger partial charge in [0.15, 0.2) is 0 Å². The highest BCUT2D eigenvalue weighted by Crippen LogP contribution is 2.41. The van der Waals surface area contributed by atoms with Crippen molar-refractivity contribution >= 4 is 87.1 Å². The summed E-state index contributed by atoms with van der Waals surface area (Å²) < 4.78 is 24.2. The molecule has 190 valence electrons. The number of hydrogen-bond donors (Lipinski definition) is 0. The van der Waals surface area contributed by atoms with Gasteiger partial charge in [-0.1, -0.05) is 12.1 Å². The van der Waals surface area contributed by atoms with E-state index in [2.05, 4.69) is 63.7 Å². The fourth-order valence-electron chi connectivity index (χ4n) is 3.82. The number of ketones is 1. The van der Waals surface area contributed by atoms with E-state index in [9.17, 15) is 9.59 Å². The van der Waals surface area contributed by atoms with Crippen LogP contribution in [0.3, 0.4) is 0 Å². The second-order valence-electron chi connectivity index (χ2n) is 7.70. The molecular formula is C27H18Br4O6. The van der Waals surface area contributed by atoms with Crippen LogP contribution in [0.5, 0.6) is 17.2 Å². The highest BCUT2D eigenvalue weighted by molar-refractivity contribution is 9.11. The number of methoxy groups -OCH3 is 3. The summed E-state index contributed by atoms with van der Waals surface area (Å²) >= 11 is 13.8. The average Bonchev–Trinajstić information content (AvgIpc) is 3.18. The number of cyclic esters (lactones) is 1. The van der Waals surface area contributed by atoms with E-state index in [1.54, 1.807) is 56.7 Å². The summed E-state index contributed by atoms with van der Waals surface area (Å²) in [6.07, 6.45) is 1.70. The first-order valence-corrected chi connectivity index (χ1v) is 13.8. The van der Waals surface area contributed by atoms with E-state index < -0.39 is 11.8 Å². The van der Waals surface area contributed by atoms with Gasteiger partial charge < -0.3 is 18.9 Å². The number of benzene rings is 3. The summed E-state index contributed by atoms with van der Waals surface area (Å²) in [7, 11) is 4.66. The quantitative estimate of drug-likeness (QED) is 0.138. The molecule has 0 aromatic heterocycles. The van der Waals surface area contributed by atoms with Gasteiger partial charge in [-0.05, 0) is 117 Å². The van der Waals surface area contributed by atoms with E-state index in [0.29, 0.717) is 46.3 Å². The van der Waals surface area contributed by atoms with Crippen molar-refractivity contribution in [3.8, 4) is 17.2 Å². The summed E-state index contributed by atoms with van der Waals surface area (Å²) in [6.45, 7) is 0. The lowest BCUT2D eigenvalue weighted by Gasteiger charge is -2.10. The van der Waals surface area contributed by atoms with Crippen molar-refractivity contribution in [3.05, 3.63) is 94.4 Å². The fraction of sp³-hybridized carbons (Fsp3) is 0.111. The molecule has 0 bridgehead atoms. The number of allylic oxidation sites excluding steroid dienone is 1. The molecule has 0 fully saturated rings. The minimum atomic E-state index is -0.739. The van der Waals surface area contributed by atoms with Crippen LogP contribution in [-0.2, 0) is 9.53 Å². The minimum Gasteiger partial charge on any atom is -0.497 e. The molecule has 0 saturated heterocycles. The van der Waals surface area contributed by atoms with E-state index in [4.69, 9.17) is 18.9 Å². The summed E-state index contributed by atoms with van der Waals surface area (Å²) in [5, 5.41) is 0. The van der Waals surface area contributed by atoms with Crippen molar-refractivity contribution < 1.29 is 28.5 Å². The van der Waals surface area contributed by atoms with Gasteiger partial charge >= 0.3 is 5.97 Å². The number of esters is 1. The Hall–Kier alpha value is -2.40. The third-order valence-corrected chi connectivity index (χ3v) is 7.85. The van der Waals surface area contributed by atoms with Gasteiger partial charge in [0.25, 0.3) is 0 Å². The van der Waals surface area contributed by atoms with Crippen LogP contribution >= 0.6 is 63.7 Å². The molecular weight excluding hydrogens is 740 g/mol. The van der Waals surface area contributed by atoms with Crippen molar-refractivity contribution in [2.75, 3.05) is 21.3 Å². The molecule has 6 nitrogen and oxygen atoms in total. The van der Waals surface area contributed by atoms with Crippen LogP contribution in [0, 0.1) is 0 Å². The van der Waals surface area contributed by atoms with Crippen LogP contribution < -0.4 is 14.2 Å². The van der Waals surface area contributed by atoms with Crippen LogP contribution in [0.4, 0.5) is 0 Å². The Balaban J connectivity index is 1.91. The second kappa shape index (κ2) is 11.6. The zero-order valence-electron chi connectivity index (χ0n) is 19.7. The van der Waals surface area contributed by atoms with E-state index in [-0.39, 0.29) is 16.9 Å². The van der Waals surface area contributed by atoms with Gasteiger partial charge in [-0.25, -0.2) is 4.79 Å². The standard InChI is InChI=1S/C27H18Br4O6/c1-34-16-6-4-14(5-7-16)22-21(10-13-8-17(28)25(35-2)18(29)9-13)37-27(33)23(22)24(32)15-11-19(30)26(36-3)20(31)12-15/h4-12H,1-3H3/b21-10-. The first kappa shape index (κ1) is 27.6. The maximum atomic E-state index is 13.7. The monoisotopic (exact) mass is 754 g/mol. The maximum Gasteiger partial charge on any atom is 0.348 e. The summed E-state index contributed by atoms with van der Waals surface area (Å²) in [4.78, 5) is 26.9. The first-order chi connectivity index (χ1) is 17.7. The van der Waals surface area contributed by atoms with Crippen LogP contribution in [0.1, 0.15) is 21.5 Å². The number of carbonyl (C=O) groups excluding carboxylic acids is 2. The van der Waals surface area contributed by atoms with Gasteiger partial charge in [0, 0.05) is 11.1 Å². The lowest BCUT2D eigenvalue weighted by atomic mass is 9.93. The highest BCUT2D eigenvalue weighted by Gasteiger charge is 2.36. The number of hydrogen-bond acceptors (Lipinski definition) is 6. The first-order valence-electron chi connectivity index (χ1n) is 10.6. The molecule has 0 unspecified atom stereocenters. The molecule has 3 aromatic carbocycles. The van der Waals surface area contributed by atoms with Gasteiger partial charge in [-0.15, -0.1) is 0 Å². The van der Waals surface area contributed by atoms with E-state index in [1.165, 1.54) is 7.11 Å². The molecule has 0 radical (unpaired) electrons. The van der Waals surface area contributed by atoms with Crippen molar-refractivity contribution in [1.82, 2.24) is 0 Å². The third-order valence-electron chi connectivity index (χ3n) is 5.50. The predicted octanol–water partition coefficient (Wildman–Crippen LogP) is 8.00. The summed E-state index contributed by atoms with van der Waals surface area (Å²) in [6, 6.07) is 13.9. The van der Waals surface area contributed by atoms with E-state index in [1.807, 2.05) is 12.1 Å². The molecule has 1 aliphatic heterocycles. The number of halogens is 4. The normalized spacial score (nSPS) is 14.1. The molecule has 0 N–H and O–H groups in total. The molecule has 3 aromatic rings. The highest BCUT2D eigenvalue weighted by atomic mass is 79.9. The molecule has 1 aliphatic rings. The SMILES string of the molecule is COc1ccc(C2=C(C(=O)c3cc(Br)c(OC)c(Br)c3)C(=O)O/C2=C\c2cc(Br)c(OC)c(Br)c2)cc1. The Morgan fingerprint density at radius 2 is 1.30 bits per heavy atom. The van der Waals surface area contributed by atoms with Crippen LogP contribution in [0.15, 0.2) is 77.8 Å². The largest absolute Gasteiger partial charge is 0.497 e. The number of carbonyl (C=O) groups is 2. The molecule has 0 saturated carbocycles. The Bertz CT molecular complexity index is 1430. The third kappa shape index (κ3) is 5.57. The lowest BCUT2D eigenvalue weighted by molar-refractivity contribution is -0.132. The number of rotatable bonds is 7. The number of Topliss-reactive ketones (excluding diaryl/α,β-unsaturated/α-hetero) is 1. The minimum absolute atomic E-state index is 0.0768. The Morgan fingerprint density at radius 3 is 1.78 bits per heavy atom. The van der Waals surface area contributed by atoms with Crippen LogP contribution in [-0.4, -0.2) is 33.1 Å². The maximum absolute atomic E-state index is 13.7. The zero-order chi connectivity index (χ0) is 26.9. The topological polar surface area (TPSA) is 71.1 Å². The van der Waals surface area contributed by atoms with Gasteiger partial charge in [0.1, 0.15) is 28.6 Å². The molecule has 0 amide bonds. The fourth-order valence-corrected chi connectivity index (χ4v) is 6.87. The van der Waals surface area contributed by atoms with Crippen molar-refractivity contribution in [2.24, 2.45) is 0 Å². The molecule has 10 heteroatoms. The van der Waals surface area contributed by atoms with Gasteiger partial charge in [-0.2, -0.15) is 0 Å². The average molecular weight is 758 g/mol. The van der Waals surface area contributed by atoms with Crippen molar-refractivity contribution in [1.29, 1.82) is 0 Å². The Morgan fingerprint density at radius 1 is 0.784 bits per heavy atom. The Kier molecular flexibility index (Phi) is 8.63. The lowest BCUT2D eigenvalue weighted by Crippen LogP contribution is -2.11. The van der Waals surface area contributed by atoms with Gasteiger partial charge in [-0.3, -0.25) is 4.79 Å². The van der Waals surface area contributed by atoms with Gasteiger partial charge in [0.2, 0.25) is 5.78 Å². The molecule has 0 aliphatic carbocycles. The van der Waals surface area contributed by atoms with Crippen LogP contribution in [0.2, 0.25) is 0 Å².